The molecule has 2 aromatic carbocycles. The van der Waals surface area contributed by atoms with Crippen molar-refractivity contribution in [3.05, 3.63) is 59.7 Å². The first kappa shape index (κ1) is 28.6. The minimum Gasteiger partial charge on any atom is -0.444 e. The number of nitrogens with one attached hydrogen (secondary N) is 1. The number of alkyl carbamates (subject to hydrolysis) is 1. The molecule has 8 nitrogen and oxygen atoms in total. The van der Waals surface area contributed by atoms with Crippen LogP contribution in [0, 0.1) is 5.92 Å². The number of hydrogen-bond acceptors (Lipinski definition) is 6. The second kappa shape index (κ2) is 12.6. The van der Waals surface area contributed by atoms with Gasteiger partial charge in [-0.2, -0.15) is 4.31 Å². The Labute approximate surface area is 226 Å². The third-order valence-corrected chi connectivity index (χ3v) is 9.14. The summed E-state index contributed by atoms with van der Waals surface area (Å²) in [5.74, 6) is 0.0410. The zero-order valence-corrected chi connectivity index (χ0v) is 23.3. The zero-order valence-electron chi connectivity index (χ0n) is 22.5. The molecule has 3 atom stereocenters. The van der Waals surface area contributed by atoms with E-state index in [0.717, 1.165) is 23.9 Å². The van der Waals surface area contributed by atoms with Gasteiger partial charge in [0.1, 0.15) is 6.10 Å². The summed E-state index contributed by atoms with van der Waals surface area (Å²) in [5.41, 5.74) is 3.19. The summed E-state index contributed by atoms with van der Waals surface area (Å²) >= 11 is 0. The number of fused-ring (bicyclic) bond motifs is 1. The van der Waals surface area contributed by atoms with Crippen molar-refractivity contribution in [3.8, 4) is 0 Å². The van der Waals surface area contributed by atoms with E-state index in [1.54, 1.807) is 12.1 Å². The minimum atomic E-state index is -3.87. The van der Waals surface area contributed by atoms with Gasteiger partial charge in [-0.1, -0.05) is 74.4 Å². The second-order valence-electron chi connectivity index (χ2n) is 10.9. The first-order chi connectivity index (χ1) is 18.1. The number of carbonyl (C=O) groups excluding carboxylic acids is 1. The quantitative estimate of drug-likeness (QED) is 0.423. The highest BCUT2D eigenvalue weighted by Gasteiger charge is 2.33. The molecule has 4 rings (SSSR count). The van der Waals surface area contributed by atoms with Gasteiger partial charge in [-0.05, 0) is 36.5 Å². The molecule has 2 aliphatic rings. The van der Waals surface area contributed by atoms with Gasteiger partial charge in [-0.15, -0.1) is 0 Å². The largest absolute Gasteiger partial charge is 0.444 e. The Bertz CT molecular complexity index is 1190. The molecular formula is C28H39BN2O6S. The van der Waals surface area contributed by atoms with Gasteiger partial charge in [-0.3, -0.25) is 0 Å². The summed E-state index contributed by atoms with van der Waals surface area (Å²) in [6, 6.07) is 14.1. The first-order valence-corrected chi connectivity index (χ1v) is 15.0. The van der Waals surface area contributed by atoms with Crippen LogP contribution in [0.1, 0.15) is 31.4 Å². The number of benzene rings is 2. The van der Waals surface area contributed by atoms with Crippen molar-refractivity contribution in [3.63, 3.8) is 0 Å². The molecule has 0 radical (unpaired) electrons. The summed E-state index contributed by atoms with van der Waals surface area (Å²) in [6.07, 6.45) is 0.693. The van der Waals surface area contributed by atoms with Crippen molar-refractivity contribution in [2.24, 2.45) is 5.92 Å². The fourth-order valence-electron chi connectivity index (χ4n) is 5.22. The van der Waals surface area contributed by atoms with Gasteiger partial charge in [0.05, 0.1) is 30.3 Å². The molecule has 1 saturated heterocycles. The van der Waals surface area contributed by atoms with Crippen LogP contribution in [0.3, 0.4) is 0 Å². The number of ether oxygens (including phenoxy) is 2. The Kier molecular flexibility index (Phi) is 9.52. The molecule has 0 spiro atoms. The van der Waals surface area contributed by atoms with E-state index in [0.29, 0.717) is 32.8 Å². The molecule has 2 heterocycles. The average Bonchev–Trinajstić information content (AvgIpc) is 3.53. The van der Waals surface area contributed by atoms with Crippen molar-refractivity contribution in [2.45, 2.75) is 69.4 Å². The highest BCUT2D eigenvalue weighted by molar-refractivity contribution is 7.89. The molecule has 0 unspecified atom stereocenters. The lowest BCUT2D eigenvalue weighted by Crippen LogP contribution is -2.51. The summed E-state index contributed by atoms with van der Waals surface area (Å²) in [5, 5.41) is 14.2. The van der Waals surface area contributed by atoms with E-state index in [1.807, 2.05) is 50.2 Å². The van der Waals surface area contributed by atoms with Gasteiger partial charge in [0.15, 0.2) is 6.71 Å². The monoisotopic (exact) mass is 542 g/mol. The number of nitrogens with zero attached hydrogens (tertiary/aromatic N) is 1. The number of carbonyl (C=O) groups is 1. The summed E-state index contributed by atoms with van der Waals surface area (Å²) < 4.78 is 39.7. The molecular weight excluding hydrogens is 503 g/mol. The third kappa shape index (κ3) is 7.17. The number of aliphatic hydroxyl groups is 1. The molecule has 0 bridgehead atoms. The van der Waals surface area contributed by atoms with E-state index in [-0.39, 0.29) is 30.0 Å². The van der Waals surface area contributed by atoms with E-state index < -0.39 is 28.3 Å². The lowest BCUT2D eigenvalue weighted by atomic mass is 9.48. The fraction of sp³-hybridized carbons (Fsp3) is 0.536. The van der Waals surface area contributed by atoms with Crippen LogP contribution in [0.4, 0.5) is 4.79 Å². The molecule has 206 valence electrons. The minimum absolute atomic E-state index is 0.0410. The number of sulfonamides is 1. The predicted molar refractivity (Wildman–Crippen MR) is 149 cm³/mol. The smallest absolute Gasteiger partial charge is 0.407 e. The van der Waals surface area contributed by atoms with E-state index in [4.69, 9.17) is 9.47 Å². The highest BCUT2D eigenvalue weighted by atomic mass is 32.2. The van der Waals surface area contributed by atoms with Crippen LogP contribution in [0.15, 0.2) is 53.4 Å². The third-order valence-electron chi connectivity index (χ3n) is 7.32. The Hall–Kier alpha value is -2.40. The molecule has 0 saturated carbocycles. The maximum Gasteiger partial charge on any atom is 0.407 e. The van der Waals surface area contributed by atoms with Crippen LogP contribution in [0.25, 0.3) is 0 Å². The van der Waals surface area contributed by atoms with Crippen LogP contribution < -0.4 is 10.8 Å². The van der Waals surface area contributed by atoms with Gasteiger partial charge < -0.3 is 19.9 Å². The maximum atomic E-state index is 13.8. The number of amides is 1. The standard InChI is InChI=1S/C28H39BN2O6S/c1-20(2)17-31(38(34,35)24-9-10-25-22(16-24)11-13-29(25)3)18-27(32)26(15-21-7-5-4-6-8-21)30-28(33)37-23-12-14-36-19-23/h4-10,16,20,23,26-27,32H,11-15,17-19H2,1-3H3,(H,30,33)/t23-,26-,27+/m0/s1. The molecule has 1 fully saturated rings. The topological polar surface area (TPSA) is 105 Å². The van der Waals surface area contributed by atoms with E-state index >= 15 is 0 Å². The van der Waals surface area contributed by atoms with Crippen LogP contribution in [-0.2, 0) is 32.3 Å². The van der Waals surface area contributed by atoms with Gasteiger partial charge >= 0.3 is 6.09 Å². The molecule has 10 heteroatoms. The highest BCUT2D eigenvalue weighted by Crippen LogP contribution is 2.23. The second-order valence-corrected chi connectivity index (χ2v) is 12.9. The number of aryl methyl sites for hydroxylation is 1. The number of rotatable bonds is 11. The van der Waals surface area contributed by atoms with E-state index in [2.05, 4.69) is 12.1 Å². The van der Waals surface area contributed by atoms with Crippen LogP contribution in [0.2, 0.25) is 13.1 Å². The summed E-state index contributed by atoms with van der Waals surface area (Å²) in [6.45, 7) is 7.45. The summed E-state index contributed by atoms with van der Waals surface area (Å²) in [4.78, 5) is 12.9. The molecule has 0 aliphatic carbocycles. The average molecular weight is 543 g/mol. The van der Waals surface area contributed by atoms with E-state index in [9.17, 15) is 18.3 Å². The summed E-state index contributed by atoms with van der Waals surface area (Å²) in [7, 11) is -3.87. The Morgan fingerprint density at radius 1 is 1.21 bits per heavy atom. The van der Waals surface area contributed by atoms with Crippen molar-refractivity contribution in [2.75, 3.05) is 26.3 Å². The van der Waals surface area contributed by atoms with Gasteiger partial charge in [0, 0.05) is 19.5 Å². The van der Waals surface area contributed by atoms with Gasteiger partial charge in [0.25, 0.3) is 0 Å². The number of aliphatic hydroxyl groups excluding tert-OH is 1. The van der Waals surface area contributed by atoms with Crippen molar-refractivity contribution >= 4 is 28.3 Å². The Balaban J connectivity index is 1.54. The molecule has 2 aliphatic heterocycles. The predicted octanol–water partition coefficient (Wildman–Crippen LogP) is 2.71. The molecule has 1 amide bonds. The van der Waals surface area contributed by atoms with Crippen molar-refractivity contribution in [1.82, 2.24) is 9.62 Å². The Morgan fingerprint density at radius 2 is 1.97 bits per heavy atom. The zero-order chi connectivity index (χ0) is 27.3. The van der Waals surface area contributed by atoms with Gasteiger partial charge in [-0.25, -0.2) is 13.2 Å². The fourth-order valence-corrected chi connectivity index (χ4v) is 6.90. The van der Waals surface area contributed by atoms with Crippen molar-refractivity contribution in [1.29, 1.82) is 0 Å². The molecule has 2 N–H and O–H groups in total. The maximum absolute atomic E-state index is 13.8. The number of hydrogen-bond donors (Lipinski definition) is 2. The van der Waals surface area contributed by atoms with Crippen LogP contribution >= 0.6 is 0 Å². The lowest BCUT2D eigenvalue weighted by molar-refractivity contribution is 0.0644. The molecule has 0 aromatic heterocycles. The van der Waals surface area contributed by atoms with Crippen LogP contribution in [-0.4, -0.2) is 75.2 Å². The van der Waals surface area contributed by atoms with Gasteiger partial charge in [0.2, 0.25) is 10.0 Å². The molecule has 2 aromatic rings. The molecule has 38 heavy (non-hydrogen) atoms. The normalized spacial score (nSPS) is 19.0. The van der Waals surface area contributed by atoms with E-state index in [1.165, 1.54) is 9.77 Å². The van der Waals surface area contributed by atoms with Crippen LogP contribution in [0.5, 0.6) is 0 Å². The van der Waals surface area contributed by atoms with Crippen molar-refractivity contribution < 1.29 is 27.8 Å². The Morgan fingerprint density at radius 3 is 2.66 bits per heavy atom. The lowest BCUT2D eigenvalue weighted by Gasteiger charge is -2.31. The first-order valence-electron chi connectivity index (χ1n) is 13.5. The SMILES string of the molecule is CB1CCc2cc(S(=O)(=O)N(CC(C)C)C[C@@H](O)[C@H](Cc3ccccc3)NC(=O)O[C@H]3CCOC3)ccc21.